The molecule has 1 aromatic carbocycles. The second-order valence-electron chi connectivity index (χ2n) is 6.25. The highest BCUT2D eigenvalue weighted by molar-refractivity contribution is 6.30. The summed E-state index contributed by atoms with van der Waals surface area (Å²) in [6.07, 6.45) is 7.33. The molecule has 1 N–H and O–H groups in total. The van der Waals surface area contributed by atoms with Gasteiger partial charge in [-0.3, -0.25) is 9.69 Å². The van der Waals surface area contributed by atoms with E-state index in [1.807, 2.05) is 22.9 Å². The standard InChI is InChI=1S/C17H17ClN4O2/c18-13-2-3-14-12(10-13)4-5-17(14)15(23)22(16(24)20-17)8-1-7-21-9-6-19-11-21/h2-3,6,9-11H,1,4-5,7-8H2,(H,20,24)/t17-/m1/s1. The van der Waals surface area contributed by atoms with Crippen LogP contribution in [0.15, 0.2) is 36.9 Å². The molecule has 1 aromatic heterocycles. The van der Waals surface area contributed by atoms with E-state index in [0.29, 0.717) is 24.4 Å². The molecule has 7 heteroatoms. The Labute approximate surface area is 144 Å². The van der Waals surface area contributed by atoms with Crippen molar-refractivity contribution in [1.29, 1.82) is 0 Å². The number of carbonyl (C=O) groups is 2. The Morgan fingerprint density at radius 1 is 1.29 bits per heavy atom. The number of carbonyl (C=O) groups excluding carboxylic acids is 2. The second kappa shape index (κ2) is 5.63. The fourth-order valence-corrected chi connectivity index (χ4v) is 3.85. The highest BCUT2D eigenvalue weighted by Gasteiger charge is 2.54. The summed E-state index contributed by atoms with van der Waals surface area (Å²) >= 11 is 6.04. The van der Waals surface area contributed by atoms with Crippen LogP contribution >= 0.6 is 11.6 Å². The summed E-state index contributed by atoms with van der Waals surface area (Å²) in [5, 5.41) is 3.58. The van der Waals surface area contributed by atoms with Crippen LogP contribution < -0.4 is 5.32 Å². The number of nitrogens with zero attached hydrogens (tertiary/aromatic N) is 3. The van der Waals surface area contributed by atoms with Gasteiger partial charge in [-0.1, -0.05) is 17.7 Å². The van der Waals surface area contributed by atoms with Crippen molar-refractivity contribution in [2.75, 3.05) is 6.54 Å². The maximum atomic E-state index is 13.0. The summed E-state index contributed by atoms with van der Waals surface area (Å²) < 4.78 is 1.93. The number of hydrogen-bond donors (Lipinski definition) is 1. The van der Waals surface area contributed by atoms with Crippen LogP contribution in [0.1, 0.15) is 24.0 Å². The summed E-state index contributed by atoms with van der Waals surface area (Å²) in [5.41, 5.74) is 1.00. The zero-order valence-corrected chi connectivity index (χ0v) is 13.8. The number of hydrogen-bond acceptors (Lipinski definition) is 3. The summed E-state index contributed by atoms with van der Waals surface area (Å²) in [5.74, 6) is -0.154. The molecule has 0 bridgehead atoms. The molecular formula is C17H17ClN4O2. The zero-order valence-electron chi connectivity index (χ0n) is 13.0. The van der Waals surface area contributed by atoms with E-state index < -0.39 is 5.54 Å². The Kier molecular flexibility index (Phi) is 3.57. The molecule has 1 aliphatic carbocycles. The third-order valence-corrected chi connectivity index (χ3v) is 5.06. The first-order valence-electron chi connectivity index (χ1n) is 7.99. The summed E-state index contributed by atoms with van der Waals surface area (Å²) in [4.78, 5) is 30.7. The highest BCUT2D eigenvalue weighted by Crippen LogP contribution is 2.42. The quantitative estimate of drug-likeness (QED) is 0.865. The molecule has 6 nitrogen and oxygen atoms in total. The van der Waals surface area contributed by atoms with Gasteiger partial charge in [-0.25, -0.2) is 9.78 Å². The molecule has 2 heterocycles. The molecule has 0 saturated carbocycles. The monoisotopic (exact) mass is 344 g/mol. The van der Waals surface area contributed by atoms with Crippen LogP contribution in [0.4, 0.5) is 4.79 Å². The van der Waals surface area contributed by atoms with Crippen molar-refractivity contribution in [2.45, 2.75) is 31.3 Å². The number of benzene rings is 1. The molecule has 24 heavy (non-hydrogen) atoms. The van der Waals surface area contributed by atoms with Crippen LogP contribution in [-0.4, -0.2) is 32.9 Å². The number of imide groups is 1. The Morgan fingerprint density at radius 3 is 2.96 bits per heavy atom. The lowest BCUT2D eigenvalue weighted by Gasteiger charge is -2.22. The van der Waals surface area contributed by atoms with Crippen LogP contribution in [0.25, 0.3) is 0 Å². The average Bonchev–Trinajstić information content (AvgIpc) is 3.24. The number of halogens is 1. The number of imidazole rings is 1. The van der Waals surface area contributed by atoms with E-state index in [4.69, 9.17) is 11.6 Å². The van der Waals surface area contributed by atoms with E-state index in [1.54, 1.807) is 18.6 Å². The Morgan fingerprint density at radius 2 is 2.17 bits per heavy atom. The highest BCUT2D eigenvalue weighted by atomic mass is 35.5. The smallest absolute Gasteiger partial charge is 0.325 e. The van der Waals surface area contributed by atoms with Crippen LogP contribution in [0.2, 0.25) is 5.02 Å². The van der Waals surface area contributed by atoms with Crippen molar-refractivity contribution in [3.05, 3.63) is 53.1 Å². The zero-order chi connectivity index (χ0) is 16.7. The minimum atomic E-state index is -0.911. The fraction of sp³-hybridized carbons (Fsp3) is 0.353. The normalized spacial score (nSPS) is 22.3. The molecule has 1 aliphatic heterocycles. The van der Waals surface area contributed by atoms with Crippen LogP contribution in [-0.2, 0) is 23.3 Å². The van der Waals surface area contributed by atoms with Crippen molar-refractivity contribution >= 4 is 23.5 Å². The summed E-state index contributed by atoms with van der Waals surface area (Å²) in [7, 11) is 0. The van der Waals surface area contributed by atoms with E-state index in [-0.39, 0.29) is 11.9 Å². The predicted octanol–water partition coefficient (Wildman–Crippen LogP) is 2.32. The van der Waals surface area contributed by atoms with E-state index >= 15 is 0 Å². The number of rotatable bonds is 4. The second-order valence-corrected chi connectivity index (χ2v) is 6.68. The molecule has 4 rings (SSSR count). The minimum Gasteiger partial charge on any atom is -0.337 e. The first-order valence-corrected chi connectivity index (χ1v) is 8.37. The van der Waals surface area contributed by atoms with E-state index in [9.17, 15) is 9.59 Å². The van der Waals surface area contributed by atoms with Gasteiger partial charge in [-0.15, -0.1) is 0 Å². The van der Waals surface area contributed by atoms with Crippen molar-refractivity contribution in [3.63, 3.8) is 0 Å². The van der Waals surface area contributed by atoms with Gasteiger partial charge in [0.15, 0.2) is 0 Å². The molecule has 0 unspecified atom stereocenters. The molecule has 2 aliphatic rings. The first kappa shape index (κ1) is 15.2. The number of nitrogens with one attached hydrogen (secondary N) is 1. The van der Waals surface area contributed by atoms with E-state index in [2.05, 4.69) is 10.3 Å². The first-order chi connectivity index (χ1) is 11.6. The molecule has 1 fully saturated rings. The summed E-state index contributed by atoms with van der Waals surface area (Å²) in [6.45, 7) is 1.11. The van der Waals surface area contributed by atoms with Crippen molar-refractivity contribution in [3.8, 4) is 0 Å². The van der Waals surface area contributed by atoms with Crippen LogP contribution in [0, 0.1) is 0 Å². The molecule has 1 atom stereocenters. The fourth-order valence-electron chi connectivity index (χ4n) is 3.65. The average molecular weight is 345 g/mol. The van der Waals surface area contributed by atoms with E-state index in [0.717, 1.165) is 24.1 Å². The molecule has 124 valence electrons. The van der Waals surface area contributed by atoms with Crippen molar-refractivity contribution in [2.24, 2.45) is 0 Å². The van der Waals surface area contributed by atoms with Gasteiger partial charge < -0.3 is 9.88 Å². The molecule has 1 saturated heterocycles. The minimum absolute atomic E-state index is 0.154. The van der Waals surface area contributed by atoms with Gasteiger partial charge in [-0.2, -0.15) is 0 Å². The van der Waals surface area contributed by atoms with Crippen molar-refractivity contribution in [1.82, 2.24) is 19.8 Å². The third kappa shape index (κ3) is 2.29. The Bertz CT molecular complexity index is 805. The third-order valence-electron chi connectivity index (χ3n) is 4.83. The molecule has 0 radical (unpaired) electrons. The van der Waals surface area contributed by atoms with Gasteiger partial charge in [0, 0.05) is 30.5 Å². The van der Waals surface area contributed by atoms with Gasteiger partial charge in [0.1, 0.15) is 5.54 Å². The van der Waals surface area contributed by atoms with Crippen LogP contribution in [0.3, 0.4) is 0 Å². The maximum absolute atomic E-state index is 13.0. The number of fused-ring (bicyclic) bond motifs is 2. The number of aryl methyl sites for hydroxylation is 2. The molecule has 2 aromatic rings. The molecule has 3 amide bonds. The SMILES string of the molecule is O=C1N[C@@]2(CCc3cc(Cl)ccc32)C(=O)N1CCCn1ccnc1. The number of urea groups is 1. The number of amides is 3. The van der Waals surface area contributed by atoms with Gasteiger partial charge in [0.25, 0.3) is 5.91 Å². The molecule has 1 spiro atoms. The van der Waals surface area contributed by atoms with E-state index in [1.165, 1.54) is 4.90 Å². The van der Waals surface area contributed by atoms with Gasteiger partial charge in [0.05, 0.1) is 6.33 Å². The van der Waals surface area contributed by atoms with Gasteiger partial charge in [0.2, 0.25) is 0 Å². The predicted molar refractivity (Wildman–Crippen MR) is 88.5 cm³/mol. The maximum Gasteiger partial charge on any atom is 0.325 e. The Balaban J connectivity index is 1.52. The number of aromatic nitrogens is 2. The lowest BCUT2D eigenvalue weighted by molar-refractivity contribution is -0.131. The summed E-state index contributed by atoms with van der Waals surface area (Å²) in [6, 6.07) is 5.20. The van der Waals surface area contributed by atoms with Gasteiger partial charge in [-0.05, 0) is 42.5 Å². The lowest BCUT2D eigenvalue weighted by atomic mass is 9.92. The topological polar surface area (TPSA) is 67.2 Å². The van der Waals surface area contributed by atoms with Gasteiger partial charge >= 0.3 is 6.03 Å². The van der Waals surface area contributed by atoms with Crippen LogP contribution in [0.5, 0.6) is 0 Å². The Hall–Kier alpha value is -2.34. The largest absolute Gasteiger partial charge is 0.337 e. The molecular weight excluding hydrogens is 328 g/mol. The van der Waals surface area contributed by atoms with Crippen molar-refractivity contribution < 1.29 is 9.59 Å². The lowest BCUT2D eigenvalue weighted by Crippen LogP contribution is -2.42.